The summed E-state index contributed by atoms with van der Waals surface area (Å²) in [6, 6.07) is 6.98. The number of hydrogen-bond acceptors (Lipinski definition) is 4. The van der Waals surface area contributed by atoms with Crippen molar-refractivity contribution in [1.82, 2.24) is 10.2 Å². The zero-order valence-electron chi connectivity index (χ0n) is 12.2. The third-order valence-corrected chi connectivity index (χ3v) is 3.64. The second-order valence-electron chi connectivity index (χ2n) is 5.10. The fraction of sp³-hybridized carbons (Fsp3) is 0.467. The first-order chi connectivity index (χ1) is 10.1. The molecule has 0 bridgehead atoms. The quantitative estimate of drug-likeness (QED) is 0.821. The Morgan fingerprint density at radius 2 is 2.19 bits per heavy atom. The molecule has 0 radical (unpaired) electrons. The van der Waals surface area contributed by atoms with Crippen molar-refractivity contribution >= 4 is 11.8 Å². The Hall–Kier alpha value is -2.08. The molecule has 0 aromatic heterocycles. The first kappa shape index (κ1) is 15.3. The Labute approximate surface area is 124 Å². The lowest BCUT2D eigenvalue weighted by molar-refractivity contribution is -0.119. The molecule has 1 aliphatic rings. The van der Waals surface area contributed by atoms with Crippen LogP contribution in [0.15, 0.2) is 24.3 Å². The minimum atomic E-state index is -0.510. The van der Waals surface area contributed by atoms with Crippen molar-refractivity contribution < 1.29 is 14.3 Å². The van der Waals surface area contributed by atoms with Gasteiger partial charge in [0.15, 0.2) is 0 Å². The minimum Gasteiger partial charge on any atom is -0.496 e. The van der Waals surface area contributed by atoms with E-state index in [9.17, 15) is 9.59 Å². The molecule has 0 spiro atoms. The molecule has 1 aromatic carbocycles. The Morgan fingerprint density at radius 3 is 2.81 bits per heavy atom. The molecule has 3 N–H and O–H groups in total. The van der Waals surface area contributed by atoms with Crippen LogP contribution in [-0.4, -0.2) is 49.5 Å². The van der Waals surface area contributed by atoms with Crippen LogP contribution in [0.1, 0.15) is 23.2 Å². The van der Waals surface area contributed by atoms with Gasteiger partial charge in [-0.3, -0.25) is 9.59 Å². The van der Waals surface area contributed by atoms with E-state index in [2.05, 4.69) is 5.32 Å². The number of carbonyl (C=O) groups is 2. The van der Waals surface area contributed by atoms with Crippen LogP contribution in [0, 0.1) is 0 Å². The highest BCUT2D eigenvalue weighted by atomic mass is 16.5. The highest BCUT2D eigenvalue weighted by molar-refractivity contribution is 5.98. The highest BCUT2D eigenvalue weighted by Gasteiger charge is 2.28. The maximum atomic E-state index is 12.8. The van der Waals surface area contributed by atoms with Gasteiger partial charge in [0.1, 0.15) is 5.75 Å². The number of rotatable bonds is 5. The molecule has 1 aromatic rings. The number of carbonyl (C=O) groups excluding carboxylic acids is 2. The van der Waals surface area contributed by atoms with Gasteiger partial charge in [0, 0.05) is 12.6 Å². The Balaban J connectivity index is 2.26. The largest absolute Gasteiger partial charge is 0.496 e. The van der Waals surface area contributed by atoms with E-state index in [4.69, 9.17) is 10.5 Å². The lowest BCUT2D eigenvalue weighted by Crippen LogP contribution is -2.51. The second kappa shape index (κ2) is 7.08. The number of methoxy groups -OCH3 is 1. The van der Waals surface area contributed by atoms with Gasteiger partial charge in [-0.1, -0.05) is 12.1 Å². The van der Waals surface area contributed by atoms with E-state index < -0.39 is 5.91 Å². The van der Waals surface area contributed by atoms with Crippen molar-refractivity contribution in [2.75, 3.05) is 26.7 Å². The normalized spacial score (nSPS) is 18.0. The first-order valence-corrected chi connectivity index (χ1v) is 7.06. The predicted octanol–water partition coefficient (Wildman–Crippen LogP) is 0.375. The number of nitrogens with zero attached hydrogens (tertiary/aromatic N) is 1. The molecular weight excluding hydrogens is 270 g/mol. The number of piperidine rings is 1. The van der Waals surface area contributed by atoms with Gasteiger partial charge in [0.25, 0.3) is 5.91 Å². The van der Waals surface area contributed by atoms with Gasteiger partial charge in [-0.2, -0.15) is 0 Å². The summed E-state index contributed by atoms with van der Waals surface area (Å²) < 4.78 is 5.23. The van der Waals surface area contributed by atoms with E-state index in [1.54, 1.807) is 29.2 Å². The molecule has 6 heteroatoms. The topological polar surface area (TPSA) is 84.7 Å². The fourth-order valence-corrected chi connectivity index (χ4v) is 2.61. The molecule has 6 nitrogen and oxygen atoms in total. The van der Waals surface area contributed by atoms with Crippen LogP contribution in [0.25, 0.3) is 0 Å². The van der Waals surface area contributed by atoms with Crippen LogP contribution < -0.4 is 15.8 Å². The van der Waals surface area contributed by atoms with E-state index in [-0.39, 0.29) is 18.5 Å². The van der Waals surface area contributed by atoms with Gasteiger partial charge < -0.3 is 20.7 Å². The van der Waals surface area contributed by atoms with Gasteiger partial charge in [0.2, 0.25) is 5.91 Å². The van der Waals surface area contributed by atoms with E-state index in [1.807, 2.05) is 0 Å². The summed E-state index contributed by atoms with van der Waals surface area (Å²) in [7, 11) is 1.52. The summed E-state index contributed by atoms with van der Waals surface area (Å²) in [5, 5.41) is 3.25. The highest BCUT2D eigenvalue weighted by Crippen LogP contribution is 2.21. The molecule has 1 fully saturated rings. The number of benzene rings is 1. The predicted molar refractivity (Wildman–Crippen MR) is 79.1 cm³/mol. The van der Waals surface area contributed by atoms with Crippen molar-refractivity contribution in [2.45, 2.75) is 18.9 Å². The molecule has 1 unspecified atom stereocenters. The first-order valence-electron chi connectivity index (χ1n) is 7.06. The Kier molecular flexibility index (Phi) is 5.16. The van der Waals surface area contributed by atoms with Crippen LogP contribution in [0.5, 0.6) is 5.75 Å². The monoisotopic (exact) mass is 291 g/mol. The van der Waals surface area contributed by atoms with Crippen molar-refractivity contribution in [1.29, 1.82) is 0 Å². The lowest BCUT2D eigenvalue weighted by Gasteiger charge is -2.34. The number of amides is 2. The van der Waals surface area contributed by atoms with Crippen molar-refractivity contribution in [2.24, 2.45) is 5.73 Å². The number of nitrogens with two attached hydrogens (primary N) is 1. The number of para-hydroxylation sites is 1. The number of nitrogens with one attached hydrogen (secondary N) is 1. The summed E-state index contributed by atoms with van der Waals surface area (Å²) >= 11 is 0. The van der Waals surface area contributed by atoms with E-state index in [1.165, 1.54) is 7.11 Å². The Morgan fingerprint density at radius 1 is 1.43 bits per heavy atom. The molecule has 0 aliphatic carbocycles. The van der Waals surface area contributed by atoms with E-state index in [0.29, 0.717) is 17.9 Å². The molecule has 0 saturated carbocycles. The van der Waals surface area contributed by atoms with Crippen LogP contribution in [0.4, 0.5) is 0 Å². The zero-order valence-corrected chi connectivity index (χ0v) is 12.2. The number of ether oxygens (including phenoxy) is 1. The maximum absolute atomic E-state index is 12.8. The van der Waals surface area contributed by atoms with Crippen LogP contribution in [-0.2, 0) is 4.79 Å². The van der Waals surface area contributed by atoms with Gasteiger partial charge in [-0.25, -0.2) is 0 Å². The maximum Gasteiger partial charge on any atom is 0.258 e. The molecule has 1 heterocycles. The number of hydrogen-bond donors (Lipinski definition) is 2. The fourth-order valence-electron chi connectivity index (χ4n) is 2.61. The molecule has 114 valence electrons. The van der Waals surface area contributed by atoms with Crippen LogP contribution in [0.2, 0.25) is 0 Å². The molecular formula is C15H21N3O3. The standard InChI is InChI=1S/C15H21N3O3/c1-21-13-7-3-2-6-12(13)15(20)18(10-14(16)19)11-5-4-8-17-9-11/h2-3,6-7,11,17H,4-5,8-10H2,1H3,(H2,16,19). The second-order valence-corrected chi connectivity index (χ2v) is 5.10. The summed E-state index contributed by atoms with van der Waals surface area (Å²) in [6.45, 7) is 1.53. The number of primary amides is 1. The van der Waals surface area contributed by atoms with Crippen molar-refractivity contribution in [3.8, 4) is 5.75 Å². The Bertz CT molecular complexity index is 513. The summed E-state index contributed by atoms with van der Waals surface area (Å²) in [6.07, 6.45) is 1.83. The van der Waals surface area contributed by atoms with Gasteiger partial charge in [-0.05, 0) is 31.5 Å². The molecule has 1 atom stereocenters. The molecule has 1 aliphatic heterocycles. The van der Waals surface area contributed by atoms with E-state index >= 15 is 0 Å². The van der Waals surface area contributed by atoms with Crippen LogP contribution in [0.3, 0.4) is 0 Å². The average Bonchev–Trinajstić information content (AvgIpc) is 2.52. The third-order valence-electron chi connectivity index (χ3n) is 3.64. The lowest BCUT2D eigenvalue weighted by atomic mass is 10.0. The van der Waals surface area contributed by atoms with Gasteiger partial charge in [0.05, 0.1) is 19.2 Å². The zero-order chi connectivity index (χ0) is 15.2. The smallest absolute Gasteiger partial charge is 0.258 e. The van der Waals surface area contributed by atoms with Crippen LogP contribution >= 0.6 is 0 Å². The molecule has 21 heavy (non-hydrogen) atoms. The molecule has 2 rings (SSSR count). The SMILES string of the molecule is COc1ccccc1C(=O)N(CC(N)=O)C1CCCNC1. The molecule has 2 amide bonds. The average molecular weight is 291 g/mol. The van der Waals surface area contributed by atoms with Crippen molar-refractivity contribution in [3.63, 3.8) is 0 Å². The minimum absolute atomic E-state index is 0.0244. The summed E-state index contributed by atoms with van der Waals surface area (Å²) in [5.74, 6) is -0.232. The molecule has 1 saturated heterocycles. The summed E-state index contributed by atoms with van der Waals surface area (Å²) in [5.41, 5.74) is 5.75. The van der Waals surface area contributed by atoms with Crippen molar-refractivity contribution in [3.05, 3.63) is 29.8 Å². The third kappa shape index (κ3) is 3.72. The van der Waals surface area contributed by atoms with Gasteiger partial charge in [-0.15, -0.1) is 0 Å². The van der Waals surface area contributed by atoms with E-state index in [0.717, 1.165) is 19.4 Å². The summed E-state index contributed by atoms with van der Waals surface area (Å²) in [4.78, 5) is 25.6. The van der Waals surface area contributed by atoms with Gasteiger partial charge >= 0.3 is 0 Å².